The highest BCUT2D eigenvalue weighted by molar-refractivity contribution is 7.91. The topological polar surface area (TPSA) is 87.6 Å². The zero-order chi connectivity index (χ0) is 19.9. The van der Waals surface area contributed by atoms with Crippen molar-refractivity contribution >= 4 is 26.6 Å². The van der Waals surface area contributed by atoms with Gasteiger partial charge in [-0.3, -0.25) is 9.20 Å². The molecule has 0 saturated heterocycles. The monoisotopic (exact) mass is 417 g/mol. The molecule has 0 amide bonds. The van der Waals surface area contributed by atoms with Gasteiger partial charge in [-0.1, -0.05) is 25.5 Å². The summed E-state index contributed by atoms with van der Waals surface area (Å²) in [4.78, 5) is 3.85. The van der Waals surface area contributed by atoms with Gasteiger partial charge in [0.1, 0.15) is 10.7 Å². The van der Waals surface area contributed by atoms with Crippen molar-refractivity contribution in [2.24, 2.45) is 4.99 Å². The maximum absolute atomic E-state index is 13.7. The van der Waals surface area contributed by atoms with Gasteiger partial charge in [0.25, 0.3) is 0 Å². The molecule has 0 aromatic heterocycles. The Bertz CT molecular complexity index is 784. The fraction of sp³-hybridized carbons (Fsp3) is 0.611. The molecule has 1 aliphatic carbocycles. The van der Waals surface area contributed by atoms with Crippen LogP contribution < -0.4 is 10.6 Å². The van der Waals surface area contributed by atoms with Crippen LogP contribution in [0, 0.1) is 5.82 Å². The molecular weight excluding hydrogens is 389 g/mol. The Kier molecular flexibility index (Phi) is 8.22. The fourth-order valence-electron chi connectivity index (χ4n) is 3.25. The first-order chi connectivity index (χ1) is 12.9. The van der Waals surface area contributed by atoms with E-state index < -0.39 is 26.5 Å². The number of halogens is 1. The average molecular weight is 418 g/mol. The van der Waals surface area contributed by atoms with E-state index in [-0.39, 0.29) is 28.5 Å². The molecule has 27 heavy (non-hydrogen) atoms. The lowest BCUT2D eigenvalue weighted by Gasteiger charge is -2.30. The number of sulfone groups is 1. The summed E-state index contributed by atoms with van der Waals surface area (Å²) in [6.45, 7) is 2.05. The van der Waals surface area contributed by atoms with Gasteiger partial charge in [0.2, 0.25) is 0 Å². The van der Waals surface area contributed by atoms with Gasteiger partial charge in [0.15, 0.2) is 15.8 Å². The van der Waals surface area contributed by atoms with E-state index in [9.17, 15) is 17.0 Å². The summed E-state index contributed by atoms with van der Waals surface area (Å²) in [5.41, 5.74) is 0. The van der Waals surface area contributed by atoms with Crippen molar-refractivity contribution < 1.29 is 17.0 Å². The highest BCUT2D eigenvalue weighted by Gasteiger charge is 2.26. The Balaban J connectivity index is 1.87. The van der Waals surface area contributed by atoms with Crippen LogP contribution in [0.4, 0.5) is 4.39 Å². The standard InChI is InChI=1S/C18H28FN3O3S2/c1-3-26(23)15-8-6-7-14(13-15)22-18(20-2)21-11-12-27(24,25)17-10-5-4-9-16(17)19/h4-5,9-10,14-15H,3,6-8,11-13H2,1-2H3,(H2,20,21,22). The van der Waals surface area contributed by atoms with E-state index in [0.29, 0.717) is 11.7 Å². The maximum Gasteiger partial charge on any atom is 0.191 e. The molecule has 0 aliphatic heterocycles. The van der Waals surface area contributed by atoms with Gasteiger partial charge in [0.05, 0.1) is 5.75 Å². The van der Waals surface area contributed by atoms with E-state index in [0.717, 1.165) is 31.7 Å². The van der Waals surface area contributed by atoms with Crippen molar-refractivity contribution in [2.45, 2.75) is 48.8 Å². The van der Waals surface area contributed by atoms with Crippen LogP contribution in [0.25, 0.3) is 0 Å². The SMILES string of the molecule is CCS(=O)C1CCCC(NC(=NC)NCCS(=O)(=O)c2ccccc2F)C1. The number of nitrogens with one attached hydrogen (secondary N) is 2. The predicted octanol–water partition coefficient (Wildman–Crippen LogP) is 1.84. The van der Waals surface area contributed by atoms with Crippen LogP contribution in [0.2, 0.25) is 0 Å². The van der Waals surface area contributed by atoms with Gasteiger partial charge >= 0.3 is 0 Å². The molecule has 0 heterocycles. The lowest BCUT2D eigenvalue weighted by molar-refractivity contribution is 0.414. The van der Waals surface area contributed by atoms with Crippen LogP contribution in [-0.4, -0.2) is 55.0 Å². The Morgan fingerprint density at radius 1 is 1.33 bits per heavy atom. The lowest BCUT2D eigenvalue weighted by atomic mass is 9.95. The van der Waals surface area contributed by atoms with Crippen molar-refractivity contribution in [3.05, 3.63) is 30.1 Å². The summed E-state index contributed by atoms with van der Waals surface area (Å²) in [6.07, 6.45) is 3.76. The minimum Gasteiger partial charge on any atom is -0.355 e. The molecule has 2 rings (SSSR count). The summed E-state index contributed by atoms with van der Waals surface area (Å²) in [6, 6.07) is 5.54. The summed E-state index contributed by atoms with van der Waals surface area (Å²) in [5, 5.41) is 6.46. The second-order valence-corrected chi connectivity index (χ2v) is 10.6. The van der Waals surface area contributed by atoms with Crippen LogP contribution in [-0.2, 0) is 20.6 Å². The van der Waals surface area contributed by atoms with Crippen LogP contribution in [0.1, 0.15) is 32.6 Å². The third-order valence-electron chi connectivity index (χ3n) is 4.68. The van der Waals surface area contributed by atoms with Gasteiger partial charge in [0, 0.05) is 41.4 Å². The average Bonchev–Trinajstić information content (AvgIpc) is 2.66. The molecule has 2 N–H and O–H groups in total. The van der Waals surface area contributed by atoms with Gasteiger partial charge < -0.3 is 10.6 Å². The van der Waals surface area contributed by atoms with E-state index in [2.05, 4.69) is 15.6 Å². The van der Waals surface area contributed by atoms with Gasteiger partial charge in [-0.15, -0.1) is 0 Å². The molecule has 1 aliphatic rings. The number of guanidine groups is 1. The third kappa shape index (κ3) is 6.27. The first-order valence-corrected chi connectivity index (χ1v) is 12.2. The molecule has 1 fully saturated rings. The molecule has 6 nitrogen and oxygen atoms in total. The van der Waals surface area contributed by atoms with Crippen molar-refractivity contribution in [2.75, 3.05) is 25.1 Å². The predicted molar refractivity (Wildman–Crippen MR) is 108 cm³/mol. The number of aliphatic imine (C=N–C) groups is 1. The molecule has 1 aromatic rings. The molecule has 3 unspecified atom stereocenters. The van der Waals surface area contributed by atoms with Crippen LogP contribution >= 0.6 is 0 Å². The highest BCUT2D eigenvalue weighted by atomic mass is 32.2. The first-order valence-electron chi connectivity index (χ1n) is 9.19. The molecular formula is C18H28FN3O3S2. The molecule has 3 atom stereocenters. The third-order valence-corrected chi connectivity index (χ3v) is 8.17. The van der Waals surface area contributed by atoms with Crippen molar-refractivity contribution in [1.82, 2.24) is 10.6 Å². The summed E-state index contributed by atoms with van der Waals surface area (Å²) in [5.74, 6) is 0.198. The van der Waals surface area contributed by atoms with Gasteiger partial charge in [-0.2, -0.15) is 0 Å². The van der Waals surface area contributed by atoms with Gasteiger partial charge in [-0.25, -0.2) is 12.8 Å². The van der Waals surface area contributed by atoms with Crippen molar-refractivity contribution in [1.29, 1.82) is 0 Å². The Morgan fingerprint density at radius 3 is 2.74 bits per heavy atom. The van der Waals surface area contributed by atoms with Crippen LogP contribution in [0.3, 0.4) is 0 Å². The van der Waals surface area contributed by atoms with E-state index in [1.807, 2.05) is 6.92 Å². The van der Waals surface area contributed by atoms with E-state index in [4.69, 9.17) is 0 Å². The Hall–Kier alpha value is -1.48. The van der Waals surface area contributed by atoms with E-state index in [1.165, 1.54) is 18.2 Å². The Labute approximate surface area is 163 Å². The van der Waals surface area contributed by atoms with Crippen molar-refractivity contribution in [3.8, 4) is 0 Å². The number of hydrogen-bond acceptors (Lipinski definition) is 4. The molecule has 0 radical (unpaired) electrons. The zero-order valence-electron chi connectivity index (χ0n) is 15.8. The molecule has 0 bridgehead atoms. The number of nitrogens with zero attached hydrogens (tertiary/aromatic N) is 1. The summed E-state index contributed by atoms with van der Waals surface area (Å²) in [7, 11) is -2.90. The minimum atomic E-state index is -3.71. The number of hydrogen-bond donors (Lipinski definition) is 2. The van der Waals surface area contributed by atoms with Crippen LogP contribution in [0.15, 0.2) is 34.2 Å². The Morgan fingerprint density at radius 2 is 2.07 bits per heavy atom. The van der Waals surface area contributed by atoms with Gasteiger partial charge in [-0.05, 0) is 31.4 Å². The van der Waals surface area contributed by atoms with E-state index in [1.54, 1.807) is 7.05 Å². The second kappa shape index (κ2) is 10.2. The lowest BCUT2D eigenvalue weighted by Crippen LogP contribution is -2.47. The largest absolute Gasteiger partial charge is 0.355 e. The molecule has 1 saturated carbocycles. The van der Waals surface area contributed by atoms with E-state index >= 15 is 0 Å². The van der Waals surface area contributed by atoms with Crippen molar-refractivity contribution in [3.63, 3.8) is 0 Å². The first kappa shape index (κ1) is 21.8. The fourth-order valence-corrected chi connectivity index (χ4v) is 5.84. The molecule has 9 heteroatoms. The number of benzene rings is 1. The molecule has 1 aromatic carbocycles. The quantitative estimate of drug-likeness (QED) is 0.522. The zero-order valence-corrected chi connectivity index (χ0v) is 17.4. The number of rotatable bonds is 7. The normalized spacial score (nSPS) is 22.3. The summed E-state index contributed by atoms with van der Waals surface area (Å²) >= 11 is 0. The minimum absolute atomic E-state index is 0.118. The summed E-state index contributed by atoms with van der Waals surface area (Å²) < 4.78 is 50.3. The smallest absolute Gasteiger partial charge is 0.191 e. The molecule has 0 spiro atoms. The second-order valence-electron chi connectivity index (χ2n) is 6.55. The highest BCUT2D eigenvalue weighted by Crippen LogP contribution is 2.23. The maximum atomic E-state index is 13.7. The molecule has 152 valence electrons. The van der Waals surface area contributed by atoms with Crippen LogP contribution in [0.5, 0.6) is 0 Å².